The van der Waals surface area contributed by atoms with Crippen LogP contribution in [0, 0.1) is 0 Å². The van der Waals surface area contributed by atoms with Crippen LogP contribution < -0.4 is 10.2 Å². The Morgan fingerprint density at radius 1 is 1.12 bits per heavy atom. The van der Waals surface area contributed by atoms with Crippen molar-refractivity contribution in [1.82, 2.24) is 20.4 Å². The zero-order valence-corrected chi connectivity index (χ0v) is 14.9. The molecule has 134 valence electrons. The van der Waals surface area contributed by atoms with E-state index >= 15 is 0 Å². The normalized spacial score (nSPS) is 15.3. The van der Waals surface area contributed by atoms with E-state index in [1.165, 1.54) is 5.69 Å². The molecule has 0 bridgehead atoms. The zero-order valence-electron chi connectivity index (χ0n) is 14.9. The summed E-state index contributed by atoms with van der Waals surface area (Å²) in [5.74, 6) is -0.0898. The minimum atomic E-state index is -0.0898. The maximum absolute atomic E-state index is 12.7. The number of rotatable bonds is 4. The highest BCUT2D eigenvalue weighted by atomic mass is 16.1. The van der Waals surface area contributed by atoms with E-state index in [1.807, 2.05) is 24.3 Å². The van der Waals surface area contributed by atoms with E-state index < -0.39 is 0 Å². The Balaban J connectivity index is 1.50. The van der Waals surface area contributed by atoms with Gasteiger partial charge in [0, 0.05) is 43.8 Å². The summed E-state index contributed by atoms with van der Waals surface area (Å²) in [7, 11) is 2.15. The molecule has 2 heterocycles. The Morgan fingerprint density at radius 3 is 2.77 bits per heavy atom. The minimum absolute atomic E-state index is 0.0898. The number of fused-ring (bicyclic) bond motifs is 1. The summed E-state index contributed by atoms with van der Waals surface area (Å²) in [6, 6.07) is 14.0. The summed E-state index contributed by atoms with van der Waals surface area (Å²) >= 11 is 0. The zero-order chi connectivity index (χ0) is 17.9. The van der Waals surface area contributed by atoms with Gasteiger partial charge in [-0.15, -0.1) is 0 Å². The number of aromatic amines is 1. The molecule has 1 aliphatic rings. The van der Waals surface area contributed by atoms with E-state index in [1.54, 1.807) is 6.20 Å². The van der Waals surface area contributed by atoms with Crippen molar-refractivity contribution in [2.45, 2.75) is 6.54 Å². The molecule has 1 fully saturated rings. The Hall–Kier alpha value is -2.86. The van der Waals surface area contributed by atoms with Crippen LogP contribution in [-0.4, -0.2) is 54.2 Å². The van der Waals surface area contributed by atoms with Crippen LogP contribution in [0.1, 0.15) is 15.9 Å². The lowest BCUT2D eigenvalue weighted by molar-refractivity contribution is 0.0952. The third-order valence-corrected chi connectivity index (χ3v) is 5.00. The lowest BCUT2D eigenvalue weighted by Crippen LogP contribution is -2.45. The SMILES string of the molecule is CN1CCN(c2ccccc2CNC(=O)c2cccc3cn[nH]c23)CC1. The molecular weight excluding hydrogens is 326 g/mol. The van der Waals surface area contributed by atoms with E-state index in [9.17, 15) is 4.79 Å². The van der Waals surface area contributed by atoms with Crippen molar-refractivity contribution in [1.29, 1.82) is 0 Å². The molecule has 0 spiro atoms. The topological polar surface area (TPSA) is 64.3 Å². The van der Waals surface area contributed by atoms with Gasteiger partial charge in [0.25, 0.3) is 5.91 Å². The first-order chi connectivity index (χ1) is 12.7. The first-order valence-corrected chi connectivity index (χ1v) is 8.94. The van der Waals surface area contributed by atoms with Crippen molar-refractivity contribution in [3.8, 4) is 0 Å². The first kappa shape index (κ1) is 16.6. The summed E-state index contributed by atoms with van der Waals surface area (Å²) in [5.41, 5.74) is 3.75. The highest BCUT2D eigenvalue weighted by Gasteiger charge is 2.17. The van der Waals surface area contributed by atoms with Crippen LogP contribution in [0.4, 0.5) is 5.69 Å². The summed E-state index contributed by atoms with van der Waals surface area (Å²) in [6.45, 7) is 4.64. The molecule has 0 unspecified atom stereocenters. The van der Waals surface area contributed by atoms with Crippen molar-refractivity contribution < 1.29 is 4.79 Å². The number of carbonyl (C=O) groups excluding carboxylic acids is 1. The Labute approximate surface area is 152 Å². The summed E-state index contributed by atoms with van der Waals surface area (Å²) in [4.78, 5) is 17.4. The van der Waals surface area contributed by atoms with Gasteiger partial charge in [0.2, 0.25) is 0 Å². The third-order valence-electron chi connectivity index (χ3n) is 5.00. The fourth-order valence-corrected chi connectivity index (χ4v) is 3.45. The van der Waals surface area contributed by atoms with Crippen LogP contribution in [0.15, 0.2) is 48.7 Å². The lowest BCUT2D eigenvalue weighted by atomic mass is 10.1. The average Bonchev–Trinajstić information content (AvgIpc) is 3.16. The summed E-state index contributed by atoms with van der Waals surface area (Å²) in [5, 5.41) is 10.9. The number of nitrogens with one attached hydrogen (secondary N) is 2. The monoisotopic (exact) mass is 349 g/mol. The number of anilines is 1. The van der Waals surface area contributed by atoms with Crippen molar-refractivity contribution in [3.63, 3.8) is 0 Å². The maximum atomic E-state index is 12.7. The number of carbonyl (C=O) groups is 1. The van der Waals surface area contributed by atoms with Gasteiger partial charge >= 0.3 is 0 Å². The average molecular weight is 349 g/mol. The number of aromatic nitrogens is 2. The van der Waals surface area contributed by atoms with Crippen molar-refractivity contribution in [3.05, 3.63) is 59.8 Å². The fourth-order valence-electron chi connectivity index (χ4n) is 3.45. The number of benzene rings is 2. The number of para-hydroxylation sites is 2. The molecule has 1 aromatic heterocycles. The van der Waals surface area contributed by atoms with Crippen LogP contribution in [0.3, 0.4) is 0 Å². The second-order valence-corrected chi connectivity index (χ2v) is 6.74. The molecule has 1 aliphatic heterocycles. The third kappa shape index (κ3) is 3.28. The number of likely N-dealkylation sites (N-methyl/N-ethyl adjacent to an activating group) is 1. The molecule has 1 saturated heterocycles. The largest absolute Gasteiger partial charge is 0.369 e. The van der Waals surface area contributed by atoms with E-state index in [2.05, 4.69) is 50.6 Å². The van der Waals surface area contributed by atoms with Gasteiger partial charge in [-0.25, -0.2) is 0 Å². The standard InChI is InChI=1S/C20H23N5O/c1-24-9-11-25(12-10-24)18-8-3-2-5-15(18)13-21-20(26)17-7-4-6-16-14-22-23-19(16)17/h2-8,14H,9-13H2,1H3,(H,21,26)(H,22,23). The molecular formula is C20H23N5O. The second kappa shape index (κ2) is 7.17. The molecule has 2 aromatic carbocycles. The lowest BCUT2D eigenvalue weighted by Gasteiger charge is -2.35. The summed E-state index contributed by atoms with van der Waals surface area (Å²) in [6.07, 6.45) is 1.73. The van der Waals surface area contributed by atoms with Crippen molar-refractivity contribution in [2.24, 2.45) is 0 Å². The number of amides is 1. The molecule has 6 nitrogen and oxygen atoms in total. The van der Waals surface area contributed by atoms with Crippen LogP contribution in [0.5, 0.6) is 0 Å². The molecule has 0 saturated carbocycles. The summed E-state index contributed by atoms with van der Waals surface area (Å²) < 4.78 is 0. The number of H-pyrrole nitrogens is 1. The van der Waals surface area contributed by atoms with Gasteiger partial charge in [-0.2, -0.15) is 5.10 Å². The van der Waals surface area contributed by atoms with Crippen LogP contribution >= 0.6 is 0 Å². The van der Waals surface area contributed by atoms with Crippen LogP contribution in [-0.2, 0) is 6.54 Å². The molecule has 0 atom stereocenters. The van der Waals surface area contributed by atoms with Gasteiger partial charge < -0.3 is 15.1 Å². The molecule has 26 heavy (non-hydrogen) atoms. The molecule has 0 radical (unpaired) electrons. The number of hydrogen-bond acceptors (Lipinski definition) is 4. The van der Waals surface area contributed by atoms with E-state index in [4.69, 9.17) is 0 Å². The molecule has 6 heteroatoms. The molecule has 4 rings (SSSR count). The second-order valence-electron chi connectivity index (χ2n) is 6.74. The predicted octanol–water partition coefficient (Wildman–Crippen LogP) is 2.24. The fraction of sp³-hybridized carbons (Fsp3) is 0.300. The van der Waals surface area contributed by atoms with Gasteiger partial charge in [0.1, 0.15) is 0 Å². The van der Waals surface area contributed by atoms with E-state index in [0.717, 1.165) is 42.6 Å². The minimum Gasteiger partial charge on any atom is -0.369 e. The van der Waals surface area contributed by atoms with Gasteiger partial charge in [-0.05, 0) is 24.7 Å². The van der Waals surface area contributed by atoms with E-state index in [-0.39, 0.29) is 5.91 Å². The van der Waals surface area contributed by atoms with Gasteiger partial charge in [-0.3, -0.25) is 9.89 Å². The maximum Gasteiger partial charge on any atom is 0.253 e. The van der Waals surface area contributed by atoms with Crippen LogP contribution in [0.2, 0.25) is 0 Å². The first-order valence-electron chi connectivity index (χ1n) is 8.94. The smallest absolute Gasteiger partial charge is 0.253 e. The van der Waals surface area contributed by atoms with Gasteiger partial charge in [0.15, 0.2) is 0 Å². The number of hydrogen-bond donors (Lipinski definition) is 2. The predicted molar refractivity (Wildman–Crippen MR) is 103 cm³/mol. The van der Waals surface area contributed by atoms with Crippen molar-refractivity contribution in [2.75, 3.05) is 38.1 Å². The van der Waals surface area contributed by atoms with Gasteiger partial charge in [0.05, 0.1) is 17.3 Å². The Bertz CT molecular complexity index is 911. The molecule has 3 aromatic rings. The molecule has 0 aliphatic carbocycles. The van der Waals surface area contributed by atoms with Crippen molar-refractivity contribution >= 4 is 22.5 Å². The Morgan fingerprint density at radius 2 is 1.92 bits per heavy atom. The molecule has 1 amide bonds. The number of piperazine rings is 1. The van der Waals surface area contributed by atoms with E-state index in [0.29, 0.717) is 12.1 Å². The molecule has 2 N–H and O–H groups in total. The Kier molecular flexibility index (Phi) is 4.58. The number of nitrogens with zero attached hydrogens (tertiary/aromatic N) is 3. The quantitative estimate of drug-likeness (QED) is 0.758. The highest BCUT2D eigenvalue weighted by Crippen LogP contribution is 2.22. The van der Waals surface area contributed by atoms with Crippen LogP contribution in [0.25, 0.3) is 10.9 Å². The highest BCUT2D eigenvalue weighted by molar-refractivity contribution is 6.05. The van der Waals surface area contributed by atoms with Gasteiger partial charge in [-0.1, -0.05) is 30.3 Å².